The number of hydrogen-bond acceptors (Lipinski definition) is 9. The first-order valence-electron chi connectivity index (χ1n) is 13.8. The van der Waals surface area contributed by atoms with E-state index in [1.807, 2.05) is 20.0 Å². The lowest BCUT2D eigenvalue weighted by Gasteiger charge is -2.40. The number of esters is 2. The molecule has 5 atom stereocenters. The van der Waals surface area contributed by atoms with Crippen LogP contribution in [-0.2, 0) is 42.7 Å². The quantitative estimate of drug-likeness (QED) is 0.256. The van der Waals surface area contributed by atoms with Gasteiger partial charge < -0.3 is 18.6 Å². The number of fused-ring (bicyclic) bond motifs is 1. The number of ketones is 1. The second kappa shape index (κ2) is 10.1. The number of carbonyl (C=O) groups is 3. The predicted molar refractivity (Wildman–Crippen MR) is 151 cm³/mol. The summed E-state index contributed by atoms with van der Waals surface area (Å²) in [7, 11) is -6.09. The van der Waals surface area contributed by atoms with Gasteiger partial charge in [-0.3, -0.25) is 14.4 Å². The maximum absolute atomic E-state index is 14.4. The molecule has 3 aliphatic rings. The van der Waals surface area contributed by atoms with E-state index in [9.17, 15) is 23.4 Å². The van der Waals surface area contributed by atoms with Crippen LogP contribution in [0.25, 0.3) is 0 Å². The molecular weight excluding hydrogens is 550 g/mol. The molecule has 11 heteroatoms. The number of aryl methyl sites for hydroxylation is 1. The van der Waals surface area contributed by atoms with Crippen LogP contribution >= 0.6 is 0 Å². The molecule has 220 valence electrons. The summed E-state index contributed by atoms with van der Waals surface area (Å²) in [6.07, 6.45) is 0.183. The number of nitrogens with one attached hydrogen (secondary N) is 1. The number of Topliss-reactive ketones (excluding diaryl/α,β-unsaturated/α-hetero) is 1. The average Bonchev–Trinajstić information content (AvgIpc) is 3.31. The van der Waals surface area contributed by atoms with Crippen LogP contribution in [0.3, 0.4) is 0 Å². The number of ether oxygens (including phenoxy) is 3. The maximum atomic E-state index is 14.4. The monoisotopic (exact) mass is 591 g/mol. The first-order chi connectivity index (χ1) is 18.5. The molecule has 0 amide bonds. The minimum atomic E-state index is -3.58. The highest BCUT2D eigenvalue weighted by Gasteiger charge is 2.75. The van der Waals surface area contributed by atoms with E-state index in [4.69, 9.17) is 18.6 Å². The summed E-state index contributed by atoms with van der Waals surface area (Å²) < 4.78 is 47.2. The highest BCUT2D eigenvalue weighted by Crippen LogP contribution is 2.62. The van der Waals surface area contributed by atoms with Crippen LogP contribution in [0.1, 0.15) is 53.0 Å². The third-order valence-electron chi connectivity index (χ3n) is 8.98. The molecule has 2 aliphatic heterocycles. The summed E-state index contributed by atoms with van der Waals surface area (Å²) in [5.74, 6) is -2.90. The molecule has 1 saturated carbocycles. The third kappa shape index (κ3) is 4.63. The van der Waals surface area contributed by atoms with Gasteiger partial charge in [-0.2, -0.15) is 0 Å². The van der Waals surface area contributed by atoms with Crippen molar-refractivity contribution in [3.8, 4) is 0 Å². The van der Waals surface area contributed by atoms with Gasteiger partial charge in [0.05, 0.1) is 34.3 Å². The molecule has 1 saturated heterocycles. The zero-order valence-corrected chi connectivity index (χ0v) is 26.4. The van der Waals surface area contributed by atoms with Gasteiger partial charge in [0.15, 0.2) is 5.41 Å². The second-order valence-electron chi connectivity index (χ2n) is 12.6. The lowest BCUT2D eigenvalue weighted by molar-refractivity contribution is -0.174. The number of hydrogen-bond donors (Lipinski definition) is 1. The topological polar surface area (TPSA) is 129 Å². The second-order valence-corrected chi connectivity index (χ2v) is 19.5. The Kier molecular flexibility index (Phi) is 7.69. The molecule has 1 N–H and O–H groups in total. The summed E-state index contributed by atoms with van der Waals surface area (Å²) in [5.41, 5.74) is -2.57. The van der Waals surface area contributed by atoms with Gasteiger partial charge in [-0.15, -0.1) is 0 Å². The average molecular weight is 592 g/mol. The predicted octanol–water partition coefficient (Wildman–Crippen LogP) is 4.92. The zero-order chi connectivity index (χ0) is 29.9. The minimum Gasteiger partial charge on any atom is -0.541 e. The first-order valence-corrected chi connectivity index (χ1v) is 18.3. The Hall–Kier alpha value is -2.50. The van der Waals surface area contributed by atoms with Crippen LogP contribution < -0.4 is 0 Å². The third-order valence-corrected chi connectivity index (χ3v) is 15.7. The summed E-state index contributed by atoms with van der Waals surface area (Å²) in [4.78, 5) is 41.5. The van der Waals surface area contributed by atoms with E-state index in [1.165, 1.54) is 0 Å². The van der Waals surface area contributed by atoms with Crippen LogP contribution in [-0.4, -0.2) is 60.4 Å². The lowest BCUT2D eigenvalue weighted by atomic mass is 9.82. The molecule has 1 aromatic rings. The van der Waals surface area contributed by atoms with E-state index in [-0.39, 0.29) is 36.9 Å². The molecule has 1 spiro atoms. The number of benzene rings is 1. The Bertz CT molecular complexity index is 1330. The lowest BCUT2D eigenvalue weighted by Crippen LogP contribution is -2.50. The van der Waals surface area contributed by atoms with Gasteiger partial charge in [-0.25, -0.2) is 8.99 Å². The van der Waals surface area contributed by atoms with Gasteiger partial charge >= 0.3 is 11.9 Å². The summed E-state index contributed by atoms with van der Waals surface area (Å²) in [5, 5.41) is -1.23. The van der Waals surface area contributed by atoms with Crippen molar-refractivity contribution in [2.24, 2.45) is 11.3 Å². The molecule has 9 nitrogen and oxygen atoms in total. The van der Waals surface area contributed by atoms with Crippen LogP contribution in [0.5, 0.6) is 0 Å². The molecule has 0 aromatic heterocycles. The molecule has 4 rings (SSSR count). The molecule has 40 heavy (non-hydrogen) atoms. The van der Waals surface area contributed by atoms with E-state index in [0.29, 0.717) is 4.90 Å². The van der Waals surface area contributed by atoms with Gasteiger partial charge in [-0.1, -0.05) is 38.5 Å². The summed E-state index contributed by atoms with van der Waals surface area (Å²) >= 11 is 0. The fraction of sp³-hybridized carbons (Fsp3) is 0.621. The molecule has 2 heterocycles. The molecule has 1 unspecified atom stereocenters. The van der Waals surface area contributed by atoms with Crippen molar-refractivity contribution in [1.82, 2.24) is 0 Å². The Morgan fingerprint density at radius 2 is 1.65 bits per heavy atom. The van der Waals surface area contributed by atoms with E-state index < -0.39 is 64.1 Å². The first kappa shape index (κ1) is 30.5. The van der Waals surface area contributed by atoms with Gasteiger partial charge in [0.1, 0.15) is 11.4 Å². The molecule has 0 radical (unpaired) electrons. The zero-order valence-electron chi connectivity index (χ0n) is 24.6. The Morgan fingerprint density at radius 3 is 2.15 bits per heavy atom. The minimum absolute atomic E-state index is 0.0245. The molecule has 2 bridgehead atoms. The molecular formula is C29H41NO8SSi. The largest absolute Gasteiger partial charge is 0.541 e. The molecule has 2 fully saturated rings. The highest BCUT2D eigenvalue weighted by molar-refractivity contribution is 7.93. The van der Waals surface area contributed by atoms with Gasteiger partial charge in [-0.05, 0) is 63.5 Å². The smallest absolute Gasteiger partial charge is 0.323 e. The van der Waals surface area contributed by atoms with Crippen LogP contribution in [0.2, 0.25) is 18.1 Å². The van der Waals surface area contributed by atoms with E-state index in [2.05, 4.69) is 20.8 Å². The van der Waals surface area contributed by atoms with Gasteiger partial charge in [0.25, 0.3) is 8.32 Å². The fourth-order valence-corrected chi connectivity index (χ4v) is 9.03. The summed E-state index contributed by atoms with van der Waals surface area (Å²) in [6.45, 7) is 15.4. The van der Waals surface area contributed by atoms with Crippen LogP contribution in [0, 0.1) is 23.0 Å². The van der Waals surface area contributed by atoms with Crippen LogP contribution in [0.4, 0.5) is 0 Å². The maximum Gasteiger partial charge on any atom is 0.323 e. The normalized spacial score (nSPS) is 28.8. The molecule has 1 aliphatic carbocycles. The Labute approximate surface area is 238 Å². The fourth-order valence-electron chi connectivity index (χ4n) is 5.86. The van der Waals surface area contributed by atoms with Crippen molar-refractivity contribution in [3.63, 3.8) is 0 Å². The van der Waals surface area contributed by atoms with E-state index in [1.54, 1.807) is 44.2 Å². The highest BCUT2D eigenvalue weighted by atomic mass is 32.2. The standard InChI is InChI=1S/C29H41NO8SSi/c1-9-35-25(32)28(26(33)36-10-2)16-20-23(39(30,34)19-13-11-18(3)12-14-19)21-15-22(24(31)29(20,17-28)37-21)38-40(7,8)27(4,5)6/h11-15,20-21,23,30H,9-10,16-17H2,1-8H3/t20-,21-,23-,29-,39?/m0/s1. The molecule has 1 aromatic carbocycles. The summed E-state index contributed by atoms with van der Waals surface area (Å²) in [6, 6.07) is 6.86. The van der Waals surface area contributed by atoms with Crippen LogP contribution in [0.15, 0.2) is 41.0 Å². The van der Waals surface area contributed by atoms with Crippen molar-refractivity contribution >= 4 is 35.8 Å². The van der Waals surface area contributed by atoms with E-state index >= 15 is 0 Å². The van der Waals surface area contributed by atoms with Crippen molar-refractivity contribution in [2.45, 2.75) is 94.4 Å². The van der Waals surface area contributed by atoms with Gasteiger partial charge in [0.2, 0.25) is 5.78 Å². The number of rotatable bonds is 8. The SMILES string of the molecule is CCOC(=O)C1(C(=O)OCC)C[C@H]2[C@H](S(=N)(=O)c3ccc(C)cc3)[C@@H]3C=C(O[Si](C)(C)C(C)(C)C)C(=O)[C@@]2(C1)O3. The van der Waals surface area contributed by atoms with Crippen molar-refractivity contribution < 1.29 is 37.2 Å². The van der Waals surface area contributed by atoms with Crippen molar-refractivity contribution in [3.05, 3.63) is 41.7 Å². The van der Waals surface area contributed by atoms with E-state index in [0.717, 1.165) is 5.56 Å². The van der Waals surface area contributed by atoms with Crippen molar-refractivity contribution in [1.29, 1.82) is 4.78 Å². The Morgan fingerprint density at radius 1 is 1.10 bits per heavy atom. The van der Waals surface area contributed by atoms with Crippen molar-refractivity contribution in [2.75, 3.05) is 13.2 Å². The number of carbonyl (C=O) groups excluding carboxylic acids is 3. The Balaban J connectivity index is 1.90. The van der Waals surface area contributed by atoms with Gasteiger partial charge in [0, 0.05) is 17.2 Å².